The van der Waals surface area contributed by atoms with Crippen molar-refractivity contribution >= 4 is 63.3 Å². The molecule has 0 amide bonds. The van der Waals surface area contributed by atoms with Crippen molar-refractivity contribution < 1.29 is 19.8 Å². The molecule has 0 heterocycles. The van der Waals surface area contributed by atoms with E-state index in [1.165, 1.54) is 0 Å². The molecular weight excluding hydrogens is 259 g/mol. The summed E-state index contributed by atoms with van der Waals surface area (Å²) in [4.78, 5) is 22.7. The molecule has 5 heteroatoms. The summed E-state index contributed by atoms with van der Waals surface area (Å²) in [5.41, 5.74) is -1.05. The van der Waals surface area contributed by atoms with Gasteiger partial charge in [-0.3, -0.25) is 9.59 Å². The maximum absolute atomic E-state index is 11.3. The summed E-state index contributed by atoms with van der Waals surface area (Å²) in [7, 11) is 0. The van der Waals surface area contributed by atoms with Gasteiger partial charge in [0.2, 0.25) is 0 Å². The van der Waals surface area contributed by atoms with Gasteiger partial charge in [-0.25, -0.2) is 0 Å². The first-order chi connectivity index (χ1) is 7.91. The van der Waals surface area contributed by atoms with Gasteiger partial charge in [0.25, 0.3) is 0 Å². The van der Waals surface area contributed by atoms with E-state index in [4.69, 9.17) is 0 Å². The van der Waals surface area contributed by atoms with Crippen LogP contribution in [0, 0.1) is 11.3 Å². The Balaban J connectivity index is 0.00000289. The number of carboxylic acids is 2. The van der Waals surface area contributed by atoms with Gasteiger partial charge < -0.3 is 10.2 Å². The summed E-state index contributed by atoms with van der Waals surface area (Å²) in [6.45, 7) is 3.23. The Labute approximate surface area is 149 Å². The van der Waals surface area contributed by atoms with E-state index in [0.29, 0.717) is 5.56 Å². The number of carbonyl (C=O) groups is 2. The monoisotopic (exact) mass is 276 g/mol. The van der Waals surface area contributed by atoms with Gasteiger partial charge in [-0.2, -0.15) is 0 Å². The van der Waals surface area contributed by atoms with Crippen molar-refractivity contribution in [1.29, 1.82) is 0 Å². The number of aliphatic carboxylic acids is 2. The number of hydrogen-bond donors (Lipinski definition) is 2. The molecule has 0 atom stereocenters. The van der Waals surface area contributed by atoms with E-state index in [1.807, 2.05) is 6.07 Å². The fraction of sp³-hybridized carbons (Fsp3) is 0.385. The molecular formula is C13H17KO4. The van der Waals surface area contributed by atoms with Crippen molar-refractivity contribution in [2.45, 2.75) is 20.3 Å². The van der Waals surface area contributed by atoms with Crippen molar-refractivity contribution in [2.24, 2.45) is 11.3 Å². The van der Waals surface area contributed by atoms with Gasteiger partial charge in [0.15, 0.2) is 5.41 Å². The fourth-order valence-electron chi connectivity index (χ4n) is 1.86. The summed E-state index contributed by atoms with van der Waals surface area (Å²) in [5.74, 6) is -3.06. The number of hydrogen-bond acceptors (Lipinski definition) is 2. The second-order valence-corrected chi connectivity index (χ2v) is 4.40. The van der Waals surface area contributed by atoms with E-state index in [2.05, 4.69) is 0 Å². The first-order valence-corrected chi connectivity index (χ1v) is 5.42. The van der Waals surface area contributed by atoms with E-state index in [1.54, 1.807) is 38.1 Å². The molecule has 0 unspecified atom stereocenters. The SMILES string of the molecule is CC(C)C(Cc1ccccc1)(C(=O)O)C(=O)O.[KH]. The van der Waals surface area contributed by atoms with Crippen LogP contribution in [0.4, 0.5) is 0 Å². The van der Waals surface area contributed by atoms with Crippen LogP contribution in [0.15, 0.2) is 30.3 Å². The average Bonchev–Trinajstić information content (AvgIpc) is 2.25. The van der Waals surface area contributed by atoms with Gasteiger partial charge >= 0.3 is 63.3 Å². The van der Waals surface area contributed by atoms with Gasteiger partial charge in [-0.15, -0.1) is 0 Å². The van der Waals surface area contributed by atoms with Crippen molar-refractivity contribution in [3.8, 4) is 0 Å². The Bertz CT molecular complexity index is 400. The number of rotatable bonds is 5. The van der Waals surface area contributed by atoms with Crippen LogP contribution in [0.3, 0.4) is 0 Å². The summed E-state index contributed by atoms with van der Waals surface area (Å²) in [6.07, 6.45) is -0.00380. The summed E-state index contributed by atoms with van der Waals surface area (Å²) < 4.78 is 0. The third-order valence-corrected chi connectivity index (χ3v) is 3.07. The maximum atomic E-state index is 11.3. The standard InChI is InChI=1S/C13H16O4.K.H/c1-9(2)13(11(14)15,12(16)17)8-10-6-4-3-5-7-10;;/h3-7,9H,8H2,1-2H3,(H,14,15)(H,16,17);;. The molecule has 0 saturated heterocycles. The molecule has 0 spiro atoms. The zero-order chi connectivity index (χ0) is 13.1. The van der Waals surface area contributed by atoms with Crippen LogP contribution in [0.25, 0.3) is 0 Å². The zero-order valence-electron chi connectivity index (χ0n) is 9.88. The molecule has 1 aromatic carbocycles. The van der Waals surface area contributed by atoms with Crippen LogP contribution in [0.1, 0.15) is 19.4 Å². The molecule has 4 nitrogen and oxygen atoms in total. The average molecular weight is 276 g/mol. The molecule has 1 rings (SSSR count). The van der Waals surface area contributed by atoms with Crippen molar-refractivity contribution in [3.63, 3.8) is 0 Å². The Morgan fingerprint density at radius 3 is 1.89 bits per heavy atom. The molecule has 0 radical (unpaired) electrons. The quantitative estimate of drug-likeness (QED) is 0.629. The molecule has 0 aliphatic heterocycles. The van der Waals surface area contributed by atoms with Gasteiger partial charge in [0.1, 0.15) is 0 Å². The second kappa shape index (κ2) is 7.40. The molecule has 2 N–H and O–H groups in total. The third kappa shape index (κ3) is 3.65. The van der Waals surface area contributed by atoms with Crippen molar-refractivity contribution in [3.05, 3.63) is 35.9 Å². The Morgan fingerprint density at radius 1 is 1.11 bits per heavy atom. The molecule has 18 heavy (non-hydrogen) atoms. The molecule has 0 aliphatic rings. The van der Waals surface area contributed by atoms with Gasteiger partial charge in [-0.1, -0.05) is 44.2 Å². The summed E-state index contributed by atoms with van der Waals surface area (Å²) >= 11 is 0. The van der Waals surface area contributed by atoms with Crippen LogP contribution in [0.5, 0.6) is 0 Å². The van der Waals surface area contributed by atoms with Crippen LogP contribution in [0.2, 0.25) is 0 Å². The molecule has 0 aliphatic carbocycles. The van der Waals surface area contributed by atoms with Gasteiger partial charge in [-0.05, 0) is 17.9 Å². The Kier molecular flexibility index (Phi) is 7.32. The first kappa shape index (κ1) is 17.8. The van der Waals surface area contributed by atoms with E-state index in [0.717, 1.165) is 0 Å². The minimum absolute atomic E-state index is 0. The summed E-state index contributed by atoms with van der Waals surface area (Å²) in [6, 6.07) is 8.82. The minimum atomic E-state index is -1.76. The third-order valence-electron chi connectivity index (χ3n) is 3.07. The van der Waals surface area contributed by atoms with E-state index >= 15 is 0 Å². The normalized spacial score (nSPS) is 10.8. The van der Waals surface area contributed by atoms with Crippen molar-refractivity contribution in [2.75, 3.05) is 0 Å². The second-order valence-electron chi connectivity index (χ2n) is 4.40. The van der Waals surface area contributed by atoms with Crippen LogP contribution in [-0.4, -0.2) is 73.5 Å². The van der Waals surface area contributed by atoms with Gasteiger partial charge in [0, 0.05) is 0 Å². The Morgan fingerprint density at radius 2 is 1.56 bits per heavy atom. The number of benzene rings is 1. The van der Waals surface area contributed by atoms with E-state index in [-0.39, 0.29) is 57.8 Å². The number of carboxylic acid groups (broad SMARTS) is 2. The zero-order valence-corrected chi connectivity index (χ0v) is 9.88. The molecule has 94 valence electrons. The predicted octanol–water partition coefficient (Wildman–Crippen LogP) is 1.39. The van der Waals surface area contributed by atoms with Crippen LogP contribution in [-0.2, 0) is 16.0 Å². The molecule has 1 aromatic rings. The van der Waals surface area contributed by atoms with Crippen LogP contribution >= 0.6 is 0 Å². The molecule has 0 fully saturated rings. The molecule has 0 aromatic heterocycles. The summed E-state index contributed by atoms with van der Waals surface area (Å²) in [5, 5.41) is 18.5. The molecule has 0 bridgehead atoms. The van der Waals surface area contributed by atoms with Crippen molar-refractivity contribution in [1.82, 2.24) is 0 Å². The predicted molar refractivity (Wildman–Crippen MR) is 69.8 cm³/mol. The topological polar surface area (TPSA) is 74.6 Å². The first-order valence-electron chi connectivity index (χ1n) is 5.42. The van der Waals surface area contributed by atoms with Gasteiger partial charge in [0.05, 0.1) is 0 Å². The molecule has 0 saturated carbocycles. The fourth-order valence-corrected chi connectivity index (χ4v) is 1.86. The van der Waals surface area contributed by atoms with E-state index in [9.17, 15) is 19.8 Å². The van der Waals surface area contributed by atoms with E-state index < -0.39 is 23.3 Å². The Hall–Kier alpha value is -0.204. The van der Waals surface area contributed by atoms with Crippen LogP contribution < -0.4 is 0 Å².